The first-order valence-electron chi connectivity index (χ1n) is 10.7. The summed E-state index contributed by atoms with van der Waals surface area (Å²) in [4.78, 5) is 15.1. The lowest BCUT2D eigenvalue weighted by atomic mass is 9.97. The molecule has 0 saturated carbocycles. The Bertz CT molecular complexity index is 1150. The Balaban J connectivity index is 1.42. The van der Waals surface area contributed by atoms with Crippen LogP contribution in [-0.2, 0) is 4.79 Å². The van der Waals surface area contributed by atoms with E-state index in [0.29, 0.717) is 22.3 Å². The molecule has 4 nitrogen and oxygen atoms in total. The molecule has 0 fully saturated rings. The second-order valence-electron chi connectivity index (χ2n) is 7.87. The number of carbonyl (C=O) groups excluding carboxylic acids is 1. The number of dihydropyridines is 1. The van der Waals surface area contributed by atoms with Crippen LogP contribution >= 0.6 is 34.8 Å². The average Bonchev–Trinajstić information content (AvgIpc) is 2.82. The summed E-state index contributed by atoms with van der Waals surface area (Å²) >= 11 is 18.2. The van der Waals surface area contributed by atoms with Crippen molar-refractivity contribution in [3.63, 3.8) is 0 Å². The van der Waals surface area contributed by atoms with Crippen molar-refractivity contribution in [1.82, 2.24) is 10.2 Å². The fraction of sp³-hybridized carbons (Fsp3) is 0.192. The summed E-state index contributed by atoms with van der Waals surface area (Å²) in [6.45, 7) is 3.14. The van der Waals surface area contributed by atoms with Gasteiger partial charge in [-0.25, -0.2) is 0 Å². The molecule has 7 heteroatoms. The highest BCUT2D eigenvalue weighted by molar-refractivity contribution is 6.31. The van der Waals surface area contributed by atoms with Crippen molar-refractivity contribution in [3.05, 3.63) is 98.7 Å². The van der Waals surface area contributed by atoms with E-state index in [1.807, 2.05) is 42.5 Å². The molecule has 33 heavy (non-hydrogen) atoms. The van der Waals surface area contributed by atoms with Crippen LogP contribution in [0.2, 0.25) is 10.0 Å². The van der Waals surface area contributed by atoms with Crippen LogP contribution in [-0.4, -0.2) is 37.0 Å². The van der Waals surface area contributed by atoms with E-state index in [2.05, 4.69) is 33.8 Å². The van der Waals surface area contributed by atoms with E-state index in [4.69, 9.17) is 34.8 Å². The summed E-state index contributed by atoms with van der Waals surface area (Å²) in [7, 11) is 0. The summed E-state index contributed by atoms with van der Waals surface area (Å²) < 4.78 is 0. The molecule has 4 rings (SSSR count). The molecule has 1 amide bonds. The number of hydrogen-bond acceptors (Lipinski definition) is 3. The van der Waals surface area contributed by atoms with E-state index < -0.39 is 0 Å². The molecule has 2 heterocycles. The normalized spacial score (nSPS) is 16.6. The maximum absolute atomic E-state index is 12.8. The number of halogens is 3. The largest absolute Gasteiger partial charge is 0.372 e. The third-order valence-electron chi connectivity index (χ3n) is 5.55. The Labute approximate surface area is 209 Å². The molecule has 0 bridgehead atoms. The highest BCUT2D eigenvalue weighted by atomic mass is 35.5. The van der Waals surface area contributed by atoms with Gasteiger partial charge >= 0.3 is 0 Å². The number of anilines is 1. The Hall–Kier alpha value is -2.50. The molecular formula is C26H24Cl3N3O. The molecule has 0 aliphatic carbocycles. The van der Waals surface area contributed by atoms with Crippen LogP contribution in [0, 0.1) is 0 Å². The first-order valence-corrected chi connectivity index (χ1v) is 11.9. The molecule has 0 spiro atoms. The van der Waals surface area contributed by atoms with Crippen LogP contribution in [0.15, 0.2) is 77.5 Å². The smallest absolute Gasteiger partial charge is 0.255 e. The Kier molecular flexibility index (Phi) is 7.94. The summed E-state index contributed by atoms with van der Waals surface area (Å²) in [5.74, 6) is -0.191. The van der Waals surface area contributed by atoms with Crippen molar-refractivity contribution in [2.45, 2.75) is 6.42 Å². The van der Waals surface area contributed by atoms with Gasteiger partial charge in [0, 0.05) is 53.0 Å². The molecule has 2 aromatic carbocycles. The molecule has 2 aliphatic heterocycles. The van der Waals surface area contributed by atoms with Gasteiger partial charge in [0.15, 0.2) is 0 Å². The van der Waals surface area contributed by atoms with E-state index in [1.54, 1.807) is 12.1 Å². The zero-order chi connectivity index (χ0) is 23.2. The van der Waals surface area contributed by atoms with Crippen molar-refractivity contribution in [3.8, 4) is 0 Å². The Morgan fingerprint density at radius 1 is 1.06 bits per heavy atom. The fourth-order valence-electron chi connectivity index (χ4n) is 3.78. The van der Waals surface area contributed by atoms with Gasteiger partial charge < -0.3 is 10.6 Å². The first-order chi connectivity index (χ1) is 16.0. The summed E-state index contributed by atoms with van der Waals surface area (Å²) in [5, 5.41) is 7.82. The Morgan fingerprint density at radius 2 is 1.85 bits per heavy atom. The minimum absolute atomic E-state index is 0.191. The molecule has 170 valence electrons. The monoisotopic (exact) mass is 499 g/mol. The molecule has 0 saturated heterocycles. The van der Waals surface area contributed by atoms with Crippen molar-refractivity contribution in [2.75, 3.05) is 31.5 Å². The number of hydrogen-bond donors (Lipinski definition) is 2. The summed E-state index contributed by atoms with van der Waals surface area (Å²) in [6, 6.07) is 13.4. The number of nitrogens with one attached hydrogen (secondary N) is 2. The van der Waals surface area contributed by atoms with Crippen LogP contribution in [0.5, 0.6) is 0 Å². The number of nitrogens with zero attached hydrogens (tertiary/aromatic N) is 1. The van der Waals surface area contributed by atoms with Crippen LogP contribution in [0.4, 0.5) is 5.69 Å². The predicted octanol–water partition coefficient (Wildman–Crippen LogP) is 6.34. The molecule has 0 aromatic heterocycles. The van der Waals surface area contributed by atoms with E-state index in [-0.39, 0.29) is 5.91 Å². The van der Waals surface area contributed by atoms with Crippen molar-refractivity contribution >= 4 is 58.0 Å². The summed E-state index contributed by atoms with van der Waals surface area (Å²) in [5.41, 5.74) is 4.55. The second-order valence-corrected chi connectivity index (χ2v) is 9.15. The van der Waals surface area contributed by atoms with Crippen LogP contribution in [0.25, 0.3) is 11.6 Å². The fourth-order valence-corrected chi connectivity index (χ4v) is 4.28. The molecule has 0 atom stereocenters. The van der Waals surface area contributed by atoms with Gasteiger partial charge in [0.2, 0.25) is 0 Å². The van der Waals surface area contributed by atoms with Crippen molar-refractivity contribution < 1.29 is 4.79 Å². The number of rotatable bonds is 6. The van der Waals surface area contributed by atoms with Gasteiger partial charge in [0.25, 0.3) is 5.91 Å². The molecule has 0 unspecified atom stereocenters. The molecule has 0 radical (unpaired) electrons. The zero-order valence-electron chi connectivity index (χ0n) is 18.0. The quantitative estimate of drug-likeness (QED) is 0.455. The minimum atomic E-state index is -0.191. The highest BCUT2D eigenvalue weighted by Gasteiger charge is 2.18. The van der Waals surface area contributed by atoms with Crippen LogP contribution in [0.3, 0.4) is 0 Å². The van der Waals surface area contributed by atoms with E-state index >= 15 is 0 Å². The topological polar surface area (TPSA) is 44.4 Å². The van der Waals surface area contributed by atoms with Crippen molar-refractivity contribution in [2.24, 2.45) is 0 Å². The molecular weight excluding hydrogens is 477 g/mol. The lowest BCUT2D eigenvalue weighted by Gasteiger charge is -2.26. The minimum Gasteiger partial charge on any atom is -0.372 e. The van der Waals surface area contributed by atoms with Crippen LogP contribution in [0.1, 0.15) is 17.5 Å². The summed E-state index contributed by atoms with van der Waals surface area (Å²) in [6.07, 6.45) is 10.8. The van der Waals surface area contributed by atoms with Crippen LogP contribution < -0.4 is 10.6 Å². The van der Waals surface area contributed by atoms with E-state index in [0.717, 1.165) is 47.9 Å². The second kappa shape index (κ2) is 11.1. The molecule has 2 N–H and O–H groups in total. The van der Waals surface area contributed by atoms with E-state index in [9.17, 15) is 4.79 Å². The third kappa shape index (κ3) is 6.52. The number of benzene rings is 2. The van der Waals surface area contributed by atoms with Gasteiger partial charge in [-0.1, -0.05) is 71.2 Å². The first kappa shape index (κ1) is 23.7. The maximum Gasteiger partial charge on any atom is 0.255 e. The van der Waals surface area contributed by atoms with Gasteiger partial charge in [-0.3, -0.25) is 9.69 Å². The number of amides is 1. The lowest BCUT2D eigenvalue weighted by molar-refractivity contribution is -0.112. The standard InChI is InChI=1S/C26H24Cl3N3O/c27-21-5-3-18(4-6-21)2-1-13-32-14-10-19(11-15-32)23-17-22(28)7-8-24(23)31-26(33)20-9-12-30-25(29)16-20/h1-10,16-17,30H,11-15H2,(H,31,33)/b2-1+. The third-order valence-corrected chi connectivity index (χ3v) is 6.28. The highest BCUT2D eigenvalue weighted by Crippen LogP contribution is 2.31. The molecule has 2 aromatic rings. The average molecular weight is 501 g/mol. The predicted molar refractivity (Wildman–Crippen MR) is 140 cm³/mol. The molecule has 2 aliphatic rings. The van der Waals surface area contributed by atoms with Crippen molar-refractivity contribution in [1.29, 1.82) is 0 Å². The SMILES string of the molecule is O=C(Nc1ccc(Cl)cc1C1=CCN(C/C=C/c2ccc(Cl)cc2)CC1)C1=CCNC(Cl)=C1. The van der Waals surface area contributed by atoms with Gasteiger partial charge in [0.05, 0.1) is 0 Å². The van der Waals surface area contributed by atoms with Gasteiger partial charge in [-0.15, -0.1) is 0 Å². The number of carbonyl (C=O) groups is 1. The van der Waals surface area contributed by atoms with Gasteiger partial charge in [0.1, 0.15) is 5.16 Å². The van der Waals surface area contributed by atoms with Gasteiger partial charge in [-0.05, 0) is 54.0 Å². The zero-order valence-corrected chi connectivity index (χ0v) is 20.2. The lowest BCUT2D eigenvalue weighted by Crippen LogP contribution is -2.28. The Morgan fingerprint density at radius 3 is 2.58 bits per heavy atom. The van der Waals surface area contributed by atoms with E-state index in [1.165, 1.54) is 5.57 Å². The van der Waals surface area contributed by atoms with Gasteiger partial charge in [-0.2, -0.15) is 0 Å². The maximum atomic E-state index is 12.8.